The van der Waals surface area contributed by atoms with Gasteiger partial charge in [-0.25, -0.2) is 0 Å². The number of carbonyl (C=O) groups is 1. The average molecular weight is 291 g/mol. The van der Waals surface area contributed by atoms with Gasteiger partial charge in [0, 0.05) is 25.2 Å². The zero-order valence-corrected chi connectivity index (χ0v) is 13.0. The lowest BCUT2D eigenvalue weighted by Gasteiger charge is -2.31. The van der Waals surface area contributed by atoms with Crippen LogP contribution in [0.1, 0.15) is 44.7 Å². The molecule has 1 N–H and O–H groups in total. The fourth-order valence-corrected chi connectivity index (χ4v) is 2.86. The van der Waals surface area contributed by atoms with Crippen LogP contribution in [0.5, 0.6) is 0 Å². The maximum atomic E-state index is 10.7. The summed E-state index contributed by atoms with van der Waals surface area (Å²) < 4.78 is 1.51. The minimum absolute atomic E-state index is 0.0585. The van der Waals surface area contributed by atoms with E-state index in [4.69, 9.17) is 5.11 Å². The standard InChI is InChI=1S/C16H25N3O2/c1-13(2)5-3-8-18-9-4-6-14(11-18)15-7-10-19(17-15)12-16(20)21/h5,7,10,14H,3-4,6,8-9,11-12H2,1-2H3,(H,20,21)/t14-/m1/s1. The second kappa shape index (κ2) is 7.41. The van der Waals surface area contributed by atoms with Crippen molar-refractivity contribution in [3.8, 4) is 0 Å². The molecule has 1 aromatic heterocycles. The van der Waals surface area contributed by atoms with Gasteiger partial charge in [-0.15, -0.1) is 0 Å². The number of hydrogen-bond donors (Lipinski definition) is 1. The quantitative estimate of drug-likeness (QED) is 0.818. The molecule has 1 aromatic rings. The fraction of sp³-hybridized carbons (Fsp3) is 0.625. The lowest BCUT2D eigenvalue weighted by atomic mass is 9.95. The smallest absolute Gasteiger partial charge is 0.325 e. The van der Waals surface area contributed by atoms with Crippen molar-refractivity contribution in [1.29, 1.82) is 0 Å². The third-order valence-electron chi connectivity index (χ3n) is 3.88. The van der Waals surface area contributed by atoms with E-state index in [-0.39, 0.29) is 6.54 Å². The average Bonchev–Trinajstić information content (AvgIpc) is 2.86. The topological polar surface area (TPSA) is 58.4 Å². The molecule has 1 aliphatic heterocycles. The molecule has 2 rings (SSSR count). The monoisotopic (exact) mass is 291 g/mol. The first-order valence-corrected chi connectivity index (χ1v) is 7.65. The molecule has 0 amide bonds. The van der Waals surface area contributed by atoms with Gasteiger partial charge >= 0.3 is 5.97 Å². The molecule has 1 atom stereocenters. The van der Waals surface area contributed by atoms with Gasteiger partial charge < -0.3 is 10.0 Å². The number of aromatic nitrogens is 2. The maximum Gasteiger partial charge on any atom is 0.325 e. The predicted octanol–water partition coefficient (Wildman–Crippen LogP) is 2.50. The number of hydrogen-bond acceptors (Lipinski definition) is 3. The first-order chi connectivity index (χ1) is 10.0. The van der Waals surface area contributed by atoms with Crippen LogP contribution in [0.4, 0.5) is 0 Å². The normalized spacial score (nSPS) is 19.4. The Hall–Kier alpha value is -1.62. The molecule has 0 unspecified atom stereocenters. The van der Waals surface area contributed by atoms with Crippen molar-refractivity contribution in [2.45, 2.75) is 45.6 Å². The number of likely N-dealkylation sites (tertiary alicyclic amines) is 1. The van der Waals surface area contributed by atoms with Crippen LogP contribution < -0.4 is 0 Å². The Bertz CT molecular complexity index is 503. The first kappa shape index (κ1) is 15.8. The molecule has 0 bridgehead atoms. The number of aliphatic carboxylic acids is 1. The molecule has 5 nitrogen and oxygen atoms in total. The van der Waals surface area contributed by atoms with E-state index in [1.807, 2.05) is 6.07 Å². The van der Waals surface area contributed by atoms with Crippen LogP contribution in [0.2, 0.25) is 0 Å². The maximum absolute atomic E-state index is 10.7. The number of allylic oxidation sites excluding steroid dienone is 1. The van der Waals surface area contributed by atoms with Gasteiger partial charge in [0.2, 0.25) is 0 Å². The van der Waals surface area contributed by atoms with Gasteiger partial charge in [-0.3, -0.25) is 9.48 Å². The first-order valence-electron chi connectivity index (χ1n) is 7.65. The molecular formula is C16H25N3O2. The molecule has 21 heavy (non-hydrogen) atoms. The Morgan fingerprint density at radius 1 is 1.52 bits per heavy atom. The van der Waals surface area contributed by atoms with E-state index in [1.165, 1.54) is 16.7 Å². The summed E-state index contributed by atoms with van der Waals surface area (Å²) in [6.45, 7) is 7.49. The van der Waals surface area contributed by atoms with Crippen LogP contribution in [0.15, 0.2) is 23.9 Å². The molecule has 0 saturated carbocycles. The summed E-state index contributed by atoms with van der Waals surface area (Å²) in [7, 11) is 0. The van der Waals surface area contributed by atoms with Crippen molar-refractivity contribution in [3.63, 3.8) is 0 Å². The summed E-state index contributed by atoms with van der Waals surface area (Å²) in [5.74, 6) is -0.419. The van der Waals surface area contributed by atoms with Crippen LogP contribution in [-0.2, 0) is 11.3 Å². The van der Waals surface area contributed by atoms with E-state index < -0.39 is 5.97 Å². The van der Waals surface area contributed by atoms with Gasteiger partial charge in [0.15, 0.2) is 0 Å². The summed E-state index contributed by atoms with van der Waals surface area (Å²) in [6, 6.07) is 1.97. The van der Waals surface area contributed by atoms with Crippen molar-refractivity contribution in [2.75, 3.05) is 19.6 Å². The molecule has 2 heterocycles. The molecule has 116 valence electrons. The molecule has 0 spiro atoms. The number of carboxylic acid groups (broad SMARTS) is 1. The molecule has 1 fully saturated rings. The molecule has 1 saturated heterocycles. The van der Waals surface area contributed by atoms with Gasteiger partial charge in [-0.1, -0.05) is 11.6 Å². The van der Waals surface area contributed by atoms with Gasteiger partial charge in [0.1, 0.15) is 6.54 Å². The SMILES string of the molecule is CC(C)=CCCN1CCC[C@@H](c2ccn(CC(=O)O)n2)C1. The highest BCUT2D eigenvalue weighted by Gasteiger charge is 2.22. The third kappa shape index (κ3) is 5.01. The van der Waals surface area contributed by atoms with E-state index in [0.29, 0.717) is 5.92 Å². The molecular weight excluding hydrogens is 266 g/mol. The summed E-state index contributed by atoms with van der Waals surface area (Å²) in [6.07, 6.45) is 7.48. The van der Waals surface area contributed by atoms with E-state index >= 15 is 0 Å². The second-order valence-corrected chi connectivity index (χ2v) is 6.04. The summed E-state index contributed by atoms with van der Waals surface area (Å²) in [4.78, 5) is 13.2. The minimum Gasteiger partial charge on any atom is -0.480 e. The van der Waals surface area contributed by atoms with Crippen LogP contribution >= 0.6 is 0 Å². The largest absolute Gasteiger partial charge is 0.480 e. The van der Waals surface area contributed by atoms with E-state index in [9.17, 15) is 4.79 Å². The minimum atomic E-state index is -0.850. The molecule has 5 heteroatoms. The third-order valence-corrected chi connectivity index (χ3v) is 3.88. The number of carboxylic acids is 1. The zero-order valence-electron chi connectivity index (χ0n) is 13.0. The van der Waals surface area contributed by atoms with Crippen molar-refractivity contribution in [1.82, 2.24) is 14.7 Å². The molecule has 0 aromatic carbocycles. The van der Waals surface area contributed by atoms with Crippen LogP contribution in [0.25, 0.3) is 0 Å². The van der Waals surface area contributed by atoms with Gasteiger partial charge in [0.25, 0.3) is 0 Å². The Kier molecular flexibility index (Phi) is 5.56. The van der Waals surface area contributed by atoms with Crippen LogP contribution in [0, 0.1) is 0 Å². The van der Waals surface area contributed by atoms with E-state index in [2.05, 4.69) is 29.9 Å². The second-order valence-electron chi connectivity index (χ2n) is 6.04. The predicted molar refractivity (Wildman–Crippen MR) is 82.3 cm³/mol. The molecule has 0 radical (unpaired) electrons. The Morgan fingerprint density at radius 3 is 3.05 bits per heavy atom. The lowest BCUT2D eigenvalue weighted by molar-refractivity contribution is -0.137. The summed E-state index contributed by atoms with van der Waals surface area (Å²) in [5, 5.41) is 13.2. The van der Waals surface area contributed by atoms with Crippen molar-refractivity contribution in [2.24, 2.45) is 0 Å². The number of piperidine rings is 1. The Morgan fingerprint density at radius 2 is 2.33 bits per heavy atom. The molecule has 1 aliphatic rings. The van der Waals surface area contributed by atoms with Gasteiger partial charge in [-0.2, -0.15) is 5.10 Å². The van der Waals surface area contributed by atoms with Crippen molar-refractivity contribution < 1.29 is 9.90 Å². The Labute approximate surface area is 126 Å². The fourth-order valence-electron chi connectivity index (χ4n) is 2.86. The van der Waals surface area contributed by atoms with E-state index in [0.717, 1.165) is 38.2 Å². The number of nitrogens with zero attached hydrogens (tertiary/aromatic N) is 3. The van der Waals surface area contributed by atoms with E-state index in [1.54, 1.807) is 6.20 Å². The molecule has 0 aliphatic carbocycles. The van der Waals surface area contributed by atoms with Crippen molar-refractivity contribution in [3.05, 3.63) is 29.6 Å². The van der Waals surface area contributed by atoms with Crippen LogP contribution in [0.3, 0.4) is 0 Å². The highest BCUT2D eigenvalue weighted by molar-refractivity contribution is 5.66. The highest BCUT2D eigenvalue weighted by Crippen LogP contribution is 2.25. The summed E-state index contributed by atoms with van der Waals surface area (Å²) >= 11 is 0. The van der Waals surface area contributed by atoms with Crippen LogP contribution in [-0.4, -0.2) is 45.4 Å². The lowest BCUT2D eigenvalue weighted by Crippen LogP contribution is -2.35. The Balaban J connectivity index is 1.89. The van der Waals surface area contributed by atoms with Gasteiger partial charge in [-0.05, 0) is 45.7 Å². The van der Waals surface area contributed by atoms with Crippen molar-refractivity contribution >= 4 is 5.97 Å². The zero-order chi connectivity index (χ0) is 15.2. The highest BCUT2D eigenvalue weighted by atomic mass is 16.4. The number of rotatable bonds is 6. The summed E-state index contributed by atoms with van der Waals surface area (Å²) in [5.41, 5.74) is 2.40. The van der Waals surface area contributed by atoms with Gasteiger partial charge in [0.05, 0.1) is 5.69 Å².